The molecule has 2 heterocycles. The Labute approximate surface area is 245 Å². The lowest BCUT2D eigenvalue weighted by atomic mass is 9.93. The smallest absolute Gasteiger partial charge is 0.319 e. The average molecular weight is 593 g/mol. The topological polar surface area (TPSA) is 111 Å². The van der Waals surface area contributed by atoms with E-state index in [9.17, 15) is 14.4 Å². The lowest BCUT2D eigenvalue weighted by Gasteiger charge is -2.20. The summed E-state index contributed by atoms with van der Waals surface area (Å²) in [6.45, 7) is 0.235. The Hall–Kier alpha value is -4.97. The molecule has 1 fully saturated rings. The number of methoxy groups -OCH3 is 3. The van der Waals surface area contributed by atoms with Gasteiger partial charge in [-0.3, -0.25) is 9.59 Å². The number of hydrogen-bond acceptors (Lipinski definition) is 6. The number of aromatic nitrogens is 1. The highest BCUT2D eigenvalue weighted by Gasteiger charge is 2.46. The van der Waals surface area contributed by atoms with Crippen LogP contribution in [-0.2, 0) is 16.1 Å². The van der Waals surface area contributed by atoms with E-state index >= 15 is 8.78 Å². The second-order valence-electron chi connectivity index (χ2n) is 9.95. The van der Waals surface area contributed by atoms with Crippen LogP contribution >= 0.6 is 0 Å². The molecule has 1 saturated heterocycles. The number of urea groups is 1. The van der Waals surface area contributed by atoms with E-state index in [1.807, 2.05) is 12.1 Å². The van der Waals surface area contributed by atoms with E-state index in [0.29, 0.717) is 11.4 Å². The highest BCUT2D eigenvalue weighted by molar-refractivity contribution is 6.04. The van der Waals surface area contributed by atoms with Gasteiger partial charge in [0.05, 0.1) is 20.8 Å². The second kappa shape index (κ2) is 12.5. The first-order chi connectivity index (χ1) is 20.7. The lowest BCUT2D eigenvalue weighted by Crippen LogP contribution is -2.46. The van der Waals surface area contributed by atoms with Crippen molar-refractivity contribution in [1.29, 1.82) is 0 Å². The Morgan fingerprint density at radius 1 is 0.930 bits per heavy atom. The van der Waals surface area contributed by atoms with Gasteiger partial charge in [0.1, 0.15) is 34.9 Å². The van der Waals surface area contributed by atoms with Gasteiger partial charge in [0.15, 0.2) is 0 Å². The Morgan fingerprint density at radius 2 is 1.63 bits per heavy atom. The van der Waals surface area contributed by atoms with Crippen LogP contribution in [0.5, 0.6) is 11.5 Å². The summed E-state index contributed by atoms with van der Waals surface area (Å²) in [5.74, 6) is -3.11. The Kier molecular flexibility index (Phi) is 8.58. The van der Waals surface area contributed by atoms with Gasteiger partial charge >= 0.3 is 6.03 Å². The first-order valence-corrected chi connectivity index (χ1v) is 13.4. The highest BCUT2D eigenvalue weighted by Crippen LogP contribution is 2.36. The summed E-state index contributed by atoms with van der Waals surface area (Å²) in [6.07, 6.45) is 1.55. The number of nitrogens with one attached hydrogen (secondary N) is 2. The third-order valence-electron chi connectivity index (χ3n) is 7.39. The number of hydrogen-bond donors (Lipinski definition) is 2. The molecule has 1 aliphatic rings. The predicted octanol–water partition coefficient (Wildman–Crippen LogP) is 4.26. The molecule has 0 bridgehead atoms. The molecule has 1 aliphatic heterocycles. The summed E-state index contributed by atoms with van der Waals surface area (Å²) in [7, 11) is 4.34. The number of ether oxygens (including phenoxy) is 3. The Morgan fingerprint density at radius 3 is 2.33 bits per heavy atom. The third kappa shape index (κ3) is 6.00. The fourth-order valence-corrected chi connectivity index (χ4v) is 5.23. The summed E-state index contributed by atoms with van der Waals surface area (Å²) in [6, 6.07) is 13.6. The van der Waals surface area contributed by atoms with E-state index in [2.05, 4.69) is 10.6 Å². The molecule has 224 valence electrons. The van der Waals surface area contributed by atoms with E-state index in [1.165, 1.54) is 24.9 Å². The van der Waals surface area contributed by atoms with Gasteiger partial charge < -0.3 is 34.3 Å². The maximum absolute atomic E-state index is 15.3. The minimum absolute atomic E-state index is 0.0117. The molecule has 43 heavy (non-hydrogen) atoms. The first kappa shape index (κ1) is 29.5. The van der Waals surface area contributed by atoms with E-state index < -0.39 is 46.7 Å². The maximum Gasteiger partial charge on any atom is 0.319 e. The average Bonchev–Trinajstić information content (AvgIpc) is 3.30. The van der Waals surface area contributed by atoms with Crippen molar-refractivity contribution >= 4 is 34.1 Å². The molecule has 0 saturated carbocycles. The number of benzene rings is 3. The van der Waals surface area contributed by atoms with Crippen LogP contribution in [0.4, 0.5) is 25.0 Å². The summed E-state index contributed by atoms with van der Waals surface area (Å²) < 4.78 is 47.2. The molecule has 3 amide bonds. The molecule has 4 aromatic rings. The summed E-state index contributed by atoms with van der Waals surface area (Å²) in [5.41, 5.74) is -0.449. The second-order valence-corrected chi connectivity index (χ2v) is 9.95. The van der Waals surface area contributed by atoms with Crippen molar-refractivity contribution in [2.75, 3.05) is 44.7 Å². The Bertz CT molecular complexity index is 1720. The maximum atomic E-state index is 15.3. The van der Waals surface area contributed by atoms with Gasteiger partial charge in [-0.1, -0.05) is 12.1 Å². The van der Waals surface area contributed by atoms with Gasteiger partial charge in [-0.15, -0.1) is 0 Å². The van der Waals surface area contributed by atoms with Crippen LogP contribution in [0.3, 0.4) is 0 Å². The van der Waals surface area contributed by atoms with Crippen LogP contribution in [0, 0.1) is 11.6 Å². The van der Waals surface area contributed by atoms with Crippen LogP contribution in [0.2, 0.25) is 0 Å². The molecule has 2 N–H and O–H groups in total. The van der Waals surface area contributed by atoms with Crippen molar-refractivity contribution in [3.8, 4) is 11.5 Å². The Balaban J connectivity index is 1.46. The van der Waals surface area contributed by atoms with Crippen molar-refractivity contribution in [2.24, 2.45) is 0 Å². The van der Waals surface area contributed by atoms with Gasteiger partial charge in [-0.2, -0.15) is 0 Å². The van der Waals surface area contributed by atoms with Gasteiger partial charge in [0.25, 0.3) is 11.5 Å². The van der Waals surface area contributed by atoms with Gasteiger partial charge in [-0.05, 0) is 47.2 Å². The normalized spacial score (nSPS) is 16.4. The van der Waals surface area contributed by atoms with Crippen LogP contribution in [0.1, 0.15) is 11.5 Å². The molecule has 1 aromatic heterocycles. The zero-order valence-corrected chi connectivity index (χ0v) is 23.7. The quantitative estimate of drug-likeness (QED) is 0.301. The molecule has 5 rings (SSSR count). The van der Waals surface area contributed by atoms with E-state index in [0.717, 1.165) is 27.8 Å². The van der Waals surface area contributed by atoms with Gasteiger partial charge in [-0.25, -0.2) is 13.6 Å². The van der Waals surface area contributed by atoms with E-state index in [1.54, 1.807) is 43.6 Å². The number of halogens is 2. The molecule has 3 aromatic carbocycles. The number of pyridine rings is 1. The van der Waals surface area contributed by atoms with Crippen LogP contribution < -0.4 is 30.6 Å². The van der Waals surface area contributed by atoms with Gasteiger partial charge in [0, 0.05) is 55.7 Å². The zero-order valence-electron chi connectivity index (χ0n) is 23.7. The molecule has 10 nitrogen and oxygen atoms in total. The number of carbonyl (C=O) groups is 2. The van der Waals surface area contributed by atoms with E-state index in [-0.39, 0.29) is 31.1 Å². The SMILES string of the molecule is COCCn1cccc(N2C[C@@H](c3c(F)cc(OC)cc3F)C(NC(=O)Nc3ccc4cc(OC)ccc4c3)C2=O)c1=O. The first-order valence-electron chi connectivity index (χ1n) is 13.4. The summed E-state index contributed by atoms with van der Waals surface area (Å²) in [4.78, 5) is 41.3. The molecule has 12 heteroatoms. The van der Waals surface area contributed by atoms with Crippen molar-refractivity contribution in [1.82, 2.24) is 9.88 Å². The summed E-state index contributed by atoms with van der Waals surface area (Å²) in [5, 5.41) is 6.99. The minimum atomic E-state index is -1.39. The zero-order chi connectivity index (χ0) is 30.7. The molecular weight excluding hydrogens is 562 g/mol. The minimum Gasteiger partial charge on any atom is -0.497 e. The third-order valence-corrected chi connectivity index (χ3v) is 7.39. The van der Waals surface area contributed by atoms with Crippen molar-refractivity contribution in [3.05, 3.63) is 94.4 Å². The highest BCUT2D eigenvalue weighted by atomic mass is 19.1. The van der Waals surface area contributed by atoms with Crippen molar-refractivity contribution < 1.29 is 32.6 Å². The standard InChI is InChI=1S/C31H30F2N4O6/c1-41-12-11-36-10-4-5-26(29(36)38)37-17-23(27-24(32)15-22(43-3)16-25(27)33)28(30(37)39)35-31(40)34-20-8-6-19-14-21(42-2)9-7-18(19)13-20/h4-10,13-16,23,28H,11-12,17H2,1-3H3,(H2,34,35,40)/t23-,28?/m0/s1. The largest absolute Gasteiger partial charge is 0.497 e. The molecule has 2 atom stereocenters. The molecule has 0 radical (unpaired) electrons. The van der Waals surface area contributed by atoms with Crippen LogP contribution in [-0.4, -0.2) is 57.0 Å². The number of amides is 3. The predicted molar refractivity (Wildman–Crippen MR) is 157 cm³/mol. The fourth-order valence-electron chi connectivity index (χ4n) is 5.23. The number of carbonyl (C=O) groups excluding carboxylic acids is 2. The summed E-state index contributed by atoms with van der Waals surface area (Å²) >= 11 is 0. The lowest BCUT2D eigenvalue weighted by molar-refractivity contribution is -0.118. The van der Waals surface area contributed by atoms with E-state index in [4.69, 9.17) is 14.2 Å². The molecule has 0 aliphatic carbocycles. The monoisotopic (exact) mass is 592 g/mol. The molecule has 1 unspecified atom stereocenters. The number of anilines is 2. The number of fused-ring (bicyclic) bond motifs is 1. The number of nitrogens with zero attached hydrogens (tertiary/aromatic N) is 2. The molecular formula is C31H30F2N4O6. The molecule has 0 spiro atoms. The van der Waals surface area contributed by atoms with Crippen LogP contribution in [0.25, 0.3) is 10.8 Å². The number of rotatable bonds is 9. The van der Waals surface area contributed by atoms with Crippen molar-refractivity contribution in [2.45, 2.75) is 18.5 Å². The van der Waals surface area contributed by atoms with Gasteiger partial charge in [0.2, 0.25) is 0 Å². The van der Waals surface area contributed by atoms with Crippen molar-refractivity contribution in [3.63, 3.8) is 0 Å². The fraction of sp³-hybridized carbons (Fsp3) is 0.258. The van der Waals surface area contributed by atoms with Crippen LogP contribution in [0.15, 0.2) is 71.7 Å².